The number of ether oxygens (including phenoxy) is 2. The third-order valence-electron chi connectivity index (χ3n) is 1.64. The molecule has 0 saturated carbocycles. The van der Waals surface area contributed by atoms with Crippen LogP contribution in [0.4, 0.5) is 0 Å². The Hall–Kier alpha value is -1.43. The molecule has 0 heterocycles. The number of nitriles is 1. The van der Waals surface area contributed by atoms with Crippen molar-refractivity contribution in [1.29, 1.82) is 5.26 Å². The topological polar surface area (TPSA) is 42.2 Å². The minimum Gasteiger partial charge on any atom is -0.493 e. The van der Waals surface area contributed by atoms with Crippen LogP contribution in [0.5, 0.6) is 0 Å². The summed E-state index contributed by atoms with van der Waals surface area (Å²) in [6, 6.07) is 2.05. The molecule has 0 aromatic heterocycles. The molecule has 63 valence electrons. The number of methoxy groups -OCH3 is 2. The molecule has 0 fully saturated rings. The van der Waals surface area contributed by atoms with Gasteiger partial charge in [-0.05, 0) is 12.5 Å². The molecule has 1 aliphatic rings. The summed E-state index contributed by atoms with van der Waals surface area (Å²) in [6.07, 6.45) is 4.40. The fourth-order valence-corrected chi connectivity index (χ4v) is 1.08. The Balaban J connectivity index is 2.99. The van der Waals surface area contributed by atoms with E-state index in [1.807, 2.05) is 12.1 Å². The molecule has 0 spiro atoms. The Bertz CT molecular complexity index is 271. The van der Waals surface area contributed by atoms with Gasteiger partial charge >= 0.3 is 0 Å². The molecule has 1 radical (unpaired) electrons. The molecule has 12 heavy (non-hydrogen) atoms. The Morgan fingerprint density at radius 2 is 2.17 bits per heavy atom. The maximum Gasteiger partial charge on any atom is 0.174 e. The van der Waals surface area contributed by atoms with Crippen LogP contribution in [0, 0.1) is 17.8 Å². The third-order valence-corrected chi connectivity index (χ3v) is 1.64. The van der Waals surface area contributed by atoms with Gasteiger partial charge in [0.2, 0.25) is 0 Å². The number of rotatable bonds is 2. The van der Waals surface area contributed by atoms with Crippen molar-refractivity contribution in [1.82, 2.24) is 0 Å². The van der Waals surface area contributed by atoms with Gasteiger partial charge in [-0.15, -0.1) is 0 Å². The van der Waals surface area contributed by atoms with E-state index in [1.54, 1.807) is 13.5 Å². The number of hydrogen-bond acceptors (Lipinski definition) is 3. The quantitative estimate of drug-likeness (QED) is 0.621. The molecule has 0 unspecified atom stereocenters. The van der Waals surface area contributed by atoms with Gasteiger partial charge in [-0.25, -0.2) is 0 Å². The van der Waals surface area contributed by atoms with Crippen molar-refractivity contribution in [3.8, 4) is 6.07 Å². The van der Waals surface area contributed by atoms with Gasteiger partial charge in [0.05, 0.1) is 25.9 Å². The minimum atomic E-state index is 0.520. The lowest BCUT2D eigenvalue weighted by molar-refractivity contribution is 0.215. The summed E-state index contributed by atoms with van der Waals surface area (Å²) >= 11 is 0. The van der Waals surface area contributed by atoms with Crippen LogP contribution in [0.2, 0.25) is 0 Å². The van der Waals surface area contributed by atoms with E-state index in [9.17, 15) is 0 Å². The molecule has 0 N–H and O–H groups in total. The SMILES string of the molecule is COC1=CC[CH]C(C#N)=C1OC. The molecule has 1 rings (SSSR count). The lowest BCUT2D eigenvalue weighted by atomic mass is 10.0. The zero-order chi connectivity index (χ0) is 8.97. The first-order valence-corrected chi connectivity index (χ1v) is 3.59. The Morgan fingerprint density at radius 3 is 2.67 bits per heavy atom. The third kappa shape index (κ3) is 1.42. The summed E-state index contributed by atoms with van der Waals surface area (Å²) in [6.45, 7) is 0. The molecule has 0 saturated heterocycles. The lowest BCUT2D eigenvalue weighted by Crippen LogP contribution is -2.04. The number of nitrogens with zero attached hydrogens (tertiary/aromatic N) is 1. The highest BCUT2D eigenvalue weighted by Crippen LogP contribution is 2.24. The van der Waals surface area contributed by atoms with Crippen LogP contribution in [0.15, 0.2) is 23.2 Å². The molecule has 3 heteroatoms. The second-order valence-electron chi connectivity index (χ2n) is 2.27. The number of hydrogen-bond donors (Lipinski definition) is 0. The van der Waals surface area contributed by atoms with Gasteiger partial charge in [0, 0.05) is 6.42 Å². The van der Waals surface area contributed by atoms with Crippen LogP contribution in [0.1, 0.15) is 6.42 Å². The van der Waals surface area contributed by atoms with Crippen LogP contribution in [0.25, 0.3) is 0 Å². The van der Waals surface area contributed by atoms with E-state index in [0.717, 1.165) is 6.42 Å². The van der Waals surface area contributed by atoms with Crippen molar-refractivity contribution >= 4 is 0 Å². The zero-order valence-corrected chi connectivity index (χ0v) is 7.13. The average Bonchev–Trinajstić information content (AvgIpc) is 2.16. The largest absolute Gasteiger partial charge is 0.493 e. The first-order valence-electron chi connectivity index (χ1n) is 3.59. The monoisotopic (exact) mass is 164 g/mol. The summed E-state index contributed by atoms with van der Waals surface area (Å²) in [5.74, 6) is 1.16. The lowest BCUT2D eigenvalue weighted by Gasteiger charge is -2.15. The summed E-state index contributed by atoms with van der Waals surface area (Å²) in [4.78, 5) is 0. The summed E-state index contributed by atoms with van der Waals surface area (Å²) < 4.78 is 10.1. The van der Waals surface area contributed by atoms with Crippen LogP contribution in [-0.2, 0) is 9.47 Å². The van der Waals surface area contributed by atoms with Gasteiger partial charge in [0.25, 0.3) is 0 Å². The van der Waals surface area contributed by atoms with Crippen LogP contribution in [-0.4, -0.2) is 14.2 Å². The van der Waals surface area contributed by atoms with Gasteiger partial charge in [0.15, 0.2) is 11.5 Å². The summed E-state index contributed by atoms with van der Waals surface area (Å²) in [7, 11) is 3.09. The van der Waals surface area contributed by atoms with Crippen molar-refractivity contribution in [2.75, 3.05) is 14.2 Å². The molecule has 0 aromatic carbocycles. The fraction of sp³-hybridized carbons (Fsp3) is 0.333. The standard InChI is InChI=1S/C9H10NO2/c1-11-8-5-3-4-7(6-10)9(8)12-2/h4-5H,3H2,1-2H3. The maximum absolute atomic E-state index is 8.70. The van der Waals surface area contributed by atoms with Crippen molar-refractivity contribution in [3.63, 3.8) is 0 Å². The van der Waals surface area contributed by atoms with Gasteiger partial charge < -0.3 is 9.47 Å². The van der Waals surface area contributed by atoms with Crippen molar-refractivity contribution in [2.45, 2.75) is 6.42 Å². The molecule has 0 atom stereocenters. The molecule has 0 aliphatic heterocycles. The molecule has 1 aliphatic carbocycles. The van der Waals surface area contributed by atoms with E-state index in [-0.39, 0.29) is 0 Å². The summed E-state index contributed by atoms with van der Waals surface area (Å²) in [5.41, 5.74) is 0.539. The highest BCUT2D eigenvalue weighted by molar-refractivity contribution is 5.43. The van der Waals surface area contributed by atoms with E-state index in [1.165, 1.54) is 7.11 Å². The average molecular weight is 164 g/mol. The molecular formula is C9H10NO2. The van der Waals surface area contributed by atoms with E-state index < -0.39 is 0 Å². The fourth-order valence-electron chi connectivity index (χ4n) is 1.08. The van der Waals surface area contributed by atoms with E-state index in [2.05, 4.69) is 0 Å². The second kappa shape index (κ2) is 3.82. The van der Waals surface area contributed by atoms with E-state index in [0.29, 0.717) is 17.1 Å². The van der Waals surface area contributed by atoms with Crippen molar-refractivity contribution in [2.24, 2.45) is 0 Å². The normalized spacial score (nSPS) is 16.6. The Kier molecular flexibility index (Phi) is 2.76. The predicted molar refractivity (Wildman–Crippen MR) is 43.7 cm³/mol. The summed E-state index contributed by atoms with van der Waals surface area (Å²) in [5, 5.41) is 8.70. The molecule has 0 bridgehead atoms. The van der Waals surface area contributed by atoms with Gasteiger partial charge in [-0.1, -0.05) is 0 Å². The zero-order valence-electron chi connectivity index (χ0n) is 7.13. The van der Waals surface area contributed by atoms with Gasteiger partial charge in [-0.2, -0.15) is 5.26 Å². The van der Waals surface area contributed by atoms with Crippen molar-refractivity contribution < 1.29 is 9.47 Å². The Morgan fingerprint density at radius 1 is 1.42 bits per heavy atom. The smallest absolute Gasteiger partial charge is 0.174 e. The van der Waals surface area contributed by atoms with Crippen LogP contribution < -0.4 is 0 Å². The minimum absolute atomic E-state index is 0.520. The predicted octanol–water partition coefficient (Wildman–Crippen LogP) is 1.55. The molecule has 0 amide bonds. The maximum atomic E-state index is 8.70. The molecule has 3 nitrogen and oxygen atoms in total. The van der Waals surface area contributed by atoms with Crippen LogP contribution >= 0.6 is 0 Å². The molecule has 0 aromatic rings. The van der Waals surface area contributed by atoms with Crippen molar-refractivity contribution in [3.05, 3.63) is 29.6 Å². The number of allylic oxidation sites excluding steroid dienone is 2. The highest BCUT2D eigenvalue weighted by Gasteiger charge is 2.16. The van der Waals surface area contributed by atoms with Gasteiger partial charge in [0.1, 0.15) is 0 Å². The molecular weight excluding hydrogens is 154 g/mol. The first-order chi connectivity index (χ1) is 5.83. The van der Waals surface area contributed by atoms with Crippen LogP contribution in [0.3, 0.4) is 0 Å². The Labute approximate surface area is 71.9 Å². The second-order valence-corrected chi connectivity index (χ2v) is 2.27. The van der Waals surface area contributed by atoms with E-state index in [4.69, 9.17) is 14.7 Å². The first kappa shape index (κ1) is 8.66. The highest BCUT2D eigenvalue weighted by atomic mass is 16.5. The van der Waals surface area contributed by atoms with Gasteiger partial charge in [-0.3, -0.25) is 0 Å². The van der Waals surface area contributed by atoms with E-state index >= 15 is 0 Å².